The van der Waals surface area contributed by atoms with Crippen molar-refractivity contribution in [1.82, 2.24) is 9.13 Å². The molecule has 1 aliphatic heterocycles. The highest BCUT2D eigenvalue weighted by Gasteiger charge is 2.57. The summed E-state index contributed by atoms with van der Waals surface area (Å²) in [6.45, 7) is 0. The van der Waals surface area contributed by atoms with Gasteiger partial charge in [0, 0.05) is 0 Å². The molecule has 0 radical (unpaired) electrons. The van der Waals surface area contributed by atoms with Gasteiger partial charge in [-0.3, -0.25) is 0 Å². The van der Waals surface area contributed by atoms with E-state index < -0.39 is 11.1 Å². The topological polar surface area (TPSA) is 17.6 Å². The van der Waals surface area contributed by atoms with Gasteiger partial charge in [0.2, 0.25) is 0 Å². The third-order valence-electron chi connectivity index (χ3n) is 14.8. The molecule has 0 amide bonds. The molecular formula is C60H38N4+2. The van der Waals surface area contributed by atoms with Gasteiger partial charge in [-0.2, -0.15) is 18.3 Å². The molecule has 3 aliphatic rings. The largest absolute Gasteiger partial charge is 0.307 e. The van der Waals surface area contributed by atoms with Crippen molar-refractivity contribution < 1.29 is 9.13 Å². The monoisotopic (exact) mass is 814 g/mol. The molecule has 10 aromatic carbocycles. The molecule has 0 fully saturated rings. The molecule has 12 aromatic rings. The highest BCUT2D eigenvalue weighted by atomic mass is 15.3. The Morgan fingerprint density at radius 3 is 1.11 bits per heavy atom. The number of imidazole rings is 2. The normalized spacial score (nSPS) is 14.5. The van der Waals surface area contributed by atoms with Crippen LogP contribution in [0.1, 0.15) is 33.4 Å². The van der Waals surface area contributed by atoms with Crippen molar-refractivity contribution in [3.63, 3.8) is 0 Å². The summed E-state index contributed by atoms with van der Waals surface area (Å²) in [6, 6.07) is 82.2. The fourth-order valence-electron chi connectivity index (χ4n) is 12.2. The summed E-state index contributed by atoms with van der Waals surface area (Å²) in [5.41, 5.74) is 17.9. The highest BCUT2D eigenvalue weighted by molar-refractivity contribution is 5.97. The molecule has 0 saturated carbocycles. The van der Waals surface area contributed by atoms with E-state index in [4.69, 9.17) is 0 Å². The minimum Gasteiger partial charge on any atom is -0.195 e. The average molecular weight is 815 g/mol. The number of nitrogens with zero attached hydrogens (tertiary/aromatic N) is 4. The van der Waals surface area contributed by atoms with Crippen LogP contribution in [0.25, 0.3) is 77.2 Å². The first-order valence-electron chi connectivity index (χ1n) is 22.2. The SMILES string of the molecule is c1cc2cc(c1)C1(c3cccc(c3)-n3c[n+](c4cc5ccccc5cc43)C3(c4ccccc4-c4ccccc43)[n+]3cn-2c2cc4ccccc4cc23)c2ccccc2-c2ccccc21. The van der Waals surface area contributed by atoms with E-state index in [1.165, 1.54) is 77.2 Å². The molecule has 2 aliphatic carbocycles. The summed E-state index contributed by atoms with van der Waals surface area (Å²) >= 11 is 0. The Bertz CT molecular complexity index is 3740. The maximum absolute atomic E-state index is 2.59. The van der Waals surface area contributed by atoms with Crippen LogP contribution in [0, 0.1) is 0 Å². The van der Waals surface area contributed by atoms with E-state index in [0.29, 0.717) is 0 Å². The number of fused-ring (bicyclic) bond motifs is 32. The Labute approximate surface area is 369 Å². The van der Waals surface area contributed by atoms with E-state index in [0.717, 1.165) is 33.4 Å². The van der Waals surface area contributed by atoms with Crippen LogP contribution >= 0.6 is 0 Å². The zero-order valence-corrected chi connectivity index (χ0v) is 34.7. The quantitative estimate of drug-likeness (QED) is 0.136. The van der Waals surface area contributed by atoms with Gasteiger partial charge < -0.3 is 0 Å². The molecule has 64 heavy (non-hydrogen) atoms. The van der Waals surface area contributed by atoms with Crippen molar-refractivity contribution in [2.45, 2.75) is 11.1 Å². The maximum atomic E-state index is 2.59. The summed E-state index contributed by atoms with van der Waals surface area (Å²) in [4.78, 5) is 0. The second-order valence-electron chi connectivity index (χ2n) is 17.8. The minimum absolute atomic E-state index is 0.592. The van der Waals surface area contributed by atoms with Crippen LogP contribution in [0.15, 0.2) is 231 Å². The van der Waals surface area contributed by atoms with Gasteiger partial charge in [-0.25, -0.2) is 0 Å². The van der Waals surface area contributed by atoms with E-state index in [2.05, 4.69) is 249 Å². The molecule has 0 atom stereocenters. The lowest BCUT2D eigenvalue weighted by Gasteiger charge is -2.34. The number of hydrogen-bond acceptors (Lipinski definition) is 0. The van der Waals surface area contributed by atoms with Crippen molar-refractivity contribution in [1.29, 1.82) is 0 Å². The first-order valence-corrected chi connectivity index (χ1v) is 22.2. The van der Waals surface area contributed by atoms with Crippen LogP contribution < -0.4 is 9.13 Å². The minimum atomic E-state index is -0.838. The van der Waals surface area contributed by atoms with E-state index in [-0.39, 0.29) is 0 Å². The van der Waals surface area contributed by atoms with Crippen LogP contribution in [0.4, 0.5) is 0 Å². The Morgan fingerprint density at radius 2 is 0.672 bits per heavy atom. The predicted octanol–water partition coefficient (Wildman–Crippen LogP) is 12.4. The molecule has 0 N–H and O–H groups in total. The Hall–Kier alpha value is -8.34. The first-order chi connectivity index (χ1) is 31.7. The molecule has 296 valence electrons. The van der Waals surface area contributed by atoms with Gasteiger partial charge in [0.05, 0.1) is 16.5 Å². The lowest BCUT2D eigenvalue weighted by molar-refractivity contribution is -0.950. The standard InChI is InChI=1S/C60H38N4/c1-3-17-41-33-57-55(31-39(41)15-1)61-37-63(57)60(53-29-11-7-25-49(53)50-26-8-12-30-54(50)60)64-38-62(56-32-40-16-2-4-18-42(40)34-58(56)64)46-22-14-20-44(36-46)59(43-19-13-21-45(61)35-43)51-27-9-5-23-47(51)48-24-6-10-28-52(48)59/h1-38H/q+2. The third-order valence-corrected chi connectivity index (χ3v) is 14.8. The van der Waals surface area contributed by atoms with Crippen LogP contribution in [0.2, 0.25) is 0 Å². The van der Waals surface area contributed by atoms with Gasteiger partial charge in [-0.1, -0.05) is 158 Å². The van der Waals surface area contributed by atoms with Gasteiger partial charge in [0.1, 0.15) is 11.4 Å². The molecule has 4 nitrogen and oxygen atoms in total. The summed E-state index contributed by atoms with van der Waals surface area (Å²) in [5, 5.41) is 4.82. The molecule has 8 bridgehead atoms. The molecule has 4 heteroatoms. The van der Waals surface area contributed by atoms with Crippen molar-refractivity contribution >= 4 is 43.6 Å². The van der Waals surface area contributed by atoms with E-state index in [9.17, 15) is 0 Å². The van der Waals surface area contributed by atoms with Gasteiger partial charge in [-0.15, -0.1) is 0 Å². The van der Waals surface area contributed by atoms with Crippen molar-refractivity contribution in [3.05, 3.63) is 264 Å². The van der Waals surface area contributed by atoms with Crippen LogP contribution in [-0.4, -0.2) is 9.13 Å². The number of hydrogen-bond donors (Lipinski definition) is 0. The van der Waals surface area contributed by atoms with E-state index >= 15 is 0 Å². The van der Waals surface area contributed by atoms with Crippen molar-refractivity contribution in [2.75, 3.05) is 0 Å². The number of benzene rings is 10. The molecule has 0 unspecified atom stereocenters. The zero-order valence-electron chi connectivity index (χ0n) is 34.7. The summed E-state index contributed by atoms with van der Waals surface area (Å²) in [7, 11) is 0. The molecular weight excluding hydrogens is 777 g/mol. The van der Waals surface area contributed by atoms with E-state index in [1.54, 1.807) is 0 Å². The highest BCUT2D eigenvalue weighted by Crippen LogP contribution is 2.57. The van der Waals surface area contributed by atoms with Gasteiger partial charge in [0.15, 0.2) is 22.1 Å². The summed E-state index contributed by atoms with van der Waals surface area (Å²) in [6.07, 6.45) is 4.79. The Kier molecular flexibility index (Phi) is 6.52. The van der Waals surface area contributed by atoms with Crippen LogP contribution in [-0.2, 0) is 11.1 Å². The predicted molar refractivity (Wildman–Crippen MR) is 256 cm³/mol. The maximum Gasteiger partial charge on any atom is 0.307 e. The Morgan fingerprint density at radius 1 is 0.312 bits per heavy atom. The lowest BCUT2D eigenvalue weighted by Crippen LogP contribution is -2.73. The molecule has 3 heterocycles. The molecule has 2 aromatic heterocycles. The fraction of sp³-hybridized carbons (Fsp3) is 0.0333. The van der Waals surface area contributed by atoms with Gasteiger partial charge in [0.25, 0.3) is 12.7 Å². The lowest BCUT2D eigenvalue weighted by atomic mass is 9.67. The molecule has 15 rings (SSSR count). The molecule has 2 spiro atoms. The van der Waals surface area contributed by atoms with Crippen molar-refractivity contribution in [3.8, 4) is 33.6 Å². The van der Waals surface area contributed by atoms with Crippen LogP contribution in [0.3, 0.4) is 0 Å². The van der Waals surface area contributed by atoms with E-state index in [1.807, 2.05) is 0 Å². The molecule has 0 saturated heterocycles. The Balaban J connectivity index is 1.20. The summed E-state index contributed by atoms with van der Waals surface area (Å²) < 4.78 is 10.1. The smallest absolute Gasteiger partial charge is 0.195 e. The van der Waals surface area contributed by atoms with Gasteiger partial charge in [-0.05, 0) is 127 Å². The fourth-order valence-corrected chi connectivity index (χ4v) is 12.2. The van der Waals surface area contributed by atoms with Crippen LogP contribution in [0.5, 0.6) is 0 Å². The zero-order chi connectivity index (χ0) is 41.7. The summed E-state index contributed by atoms with van der Waals surface area (Å²) in [5.74, 6) is 0. The third kappa shape index (κ3) is 4.14. The second kappa shape index (κ2) is 12.2. The number of rotatable bonds is 0. The van der Waals surface area contributed by atoms with Crippen molar-refractivity contribution in [2.24, 2.45) is 0 Å². The van der Waals surface area contributed by atoms with Gasteiger partial charge >= 0.3 is 5.66 Å². The first kappa shape index (κ1) is 34.3. The number of aromatic nitrogens is 4. The second-order valence-corrected chi connectivity index (χ2v) is 17.8. The average Bonchev–Trinajstić information content (AvgIpc) is 4.09.